The summed E-state index contributed by atoms with van der Waals surface area (Å²) in [5.74, 6) is 0.778. The van der Waals surface area contributed by atoms with Gasteiger partial charge in [-0.2, -0.15) is 0 Å². The lowest BCUT2D eigenvalue weighted by Gasteiger charge is -2.33. The predicted molar refractivity (Wildman–Crippen MR) is 98.2 cm³/mol. The van der Waals surface area contributed by atoms with E-state index in [1.54, 1.807) is 19.5 Å². The summed E-state index contributed by atoms with van der Waals surface area (Å²) < 4.78 is 12.6. The summed E-state index contributed by atoms with van der Waals surface area (Å²) in [6.07, 6.45) is 1.63. The molecule has 2 aliphatic heterocycles. The molecule has 2 amide bonds. The van der Waals surface area contributed by atoms with E-state index in [0.29, 0.717) is 28.4 Å². The maximum Gasteiger partial charge on any atom is 0.338 e. The van der Waals surface area contributed by atoms with Crippen LogP contribution in [0.25, 0.3) is 0 Å². The van der Waals surface area contributed by atoms with Gasteiger partial charge in [0.05, 0.1) is 31.0 Å². The third kappa shape index (κ3) is 2.88. The first-order valence-electron chi connectivity index (χ1n) is 9.00. The minimum atomic E-state index is -0.632. The van der Waals surface area contributed by atoms with Crippen LogP contribution in [0, 0.1) is 0 Å². The zero-order valence-electron chi connectivity index (χ0n) is 15.9. The highest BCUT2D eigenvalue weighted by Crippen LogP contribution is 2.38. The molecule has 3 heterocycles. The van der Waals surface area contributed by atoms with Crippen LogP contribution >= 0.6 is 0 Å². The molecule has 9 nitrogen and oxygen atoms in total. The Morgan fingerprint density at radius 2 is 2.11 bits per heavy atom. The zero-order valence-corrected chi connectivity index (χ0v) is 15.9. The number of esters is 1. The normalized spacial score (nSPS) is 19.0. The molecule has 1 N–H and O–H groups in total. The van der Waals surface area contributed by atoms with E-state index < -0.39 is 12.0 Å². The molecule has 0 spiro atoms. The van der Waals surface area contributed by atoms with E-state index in [0.717, 1.165) is 0 Å². The number of ether oxygens (including phenoxy) is 2. The molecule has 1 aromatic carbocycles. The Bertz CT molecular complexity index is 965. The number of carbonyl (C=O) groups excluding carboxylic acids is 2. The van der Waals surface area contributed by atoms with Crippen molar-refractivity contribution in [1.29, 1.82) is 0 Å². The van der Waals surface area contributed by atoms with E-state index >= 15 is 0 Å². The fraction of sp³-hybridized carbons (Fsp3) is 0.368. The Balaban J connectivity index is 1.75. The van der Waals surface area contributed by atoms with Crippen molar-refractivity contribution in [1.82, 2.24) is 25.0 Å². The molecule has 2 aliphatic rings. The number of methoxy groups -OCH3 is 1. The van der Waals surface area contributed by atoms with Crippen LogP contribution in [0.15, 0.2) is 41.9 Å². The highest BCUT2D eigenvalue weighted by molar-refractivity contribution is 5.97. The summed E-state index contributed by atoms with van der Waals surface area (Å²) in [6.45, 7) is 4.25. The van der Waals surface area contributed by atoms with Crippen LogP contribution in [-0.2, 0) is 16.1 Å². The second-order valence-corrected chi connectivity index (χ2v) is 6.90. The molecule has 0 saturated carbocycles. The van der Waals surface area contributed by atoms with Crippen molar-refractivity contribution < 1.29 is 19.1 Å². The molecule has 1 atom stereocenters. The van der Waals surface area contributed by atoms with Gasteiger partial charge in [-0.05, 0) is 19.9 Å². The number of nitrogens with zero attached hydrogens (tertiary/aromatic N) is 4. The summed E-state index contributed by atoms with van der Waals surface area (Å²) in [7, 11) is 1.55. The standard InChI is InChI=1S/C19H21N5O4/c1-11(2)24-10-20-22-15(24)8-23-13-9-28-18(25)16(13)17(21-19(23)26)12-6-4-5-7-14(12)27-3/h4-7,10-11,17H,8-9H2,1-3H3,(H,21,26)/t17-/m1/s1. The van der Waals surface area contributed by atoms with Gasteiger partial charge in [0.25, 0.3) is 0 Å². The third-order valence-corrected chi connectivity index (χ3v) is 4.95. The highest BCUT2D eigenvalue weighted by atomic mass is 16.5. The molecular formula is C19H21N5O4. The van der Waals surface area contributed by atoms with E-state index in [9.17, 15) is 9.59 Å². The van der Waals surface area contributed by atoms with Crippen molar-refractivity contribution in [3.05, 3.63) is 53.3 Å². The van der Waals surface area contributed by atoms with Crippen LogP contribution in [-0.4, -0.2) is 45.4 Å². The van der Waals surface area contributed by atoms with Gasteiger partial charge in [0.1, 0.15) is 18.7 Å². The lowest BCUT2D eigenvalue weighted by molar-refractivity contribution is -0.136. The molecule has 0 bridgehead atoms. The first kappa shape index (κ1) is 18.0. The molecular weight excluding hydrogens is 362 g/mol. The number of amides is 2. The maximum atomic E-state index is 12.9. The van der Waals surface area contributed by atoms with Crippen molar-refractivity contribution in [2.24, 2.45) is 0 Å². The fourth-order valence-electron chi connectivity index (χ4n) is 3.57. The number of urea groups is 1. The number of para-hydroxylation sites is 1. The first-order chi connectivity index (χ1) is 13.5. The van der Waals surface area contributed by atoms with Crippen LogP contribution < -0.4 is 10.1 Å². The van der Waals surface area contributed by atoms with Crippen molar-refractivity contribution in [2.75, 3.05) is 13.7 Å². The van der Waals surface area contributed by atoms with Gasteiger partial charge in [0, 0.05) is 11.6 Å². The maximum absolute atomic E-state index is 12.9. The van der Waals surface area contributed by atoms with Crippen molar-refractivity contribution in [3.8, 4) is 5.75 Å². The Hall–Kier alpha value is -3.36. The third-order valence-electron chi connectivity index (χ3n) is 4.95. The van der Waals surface area contributed by atoms with E-state index in [-0.39, 0.29) is 25.2 Å². The molecule has 4 rings (SSSR count). The van der Waals surface area contributed by atoms with E-state index in [1.165, 1.54) is 4.90 Å². The van der Waals surface area contributed by atoms with Gasteiger partial charge in [-0.3, -0.25) is 4.90 Å². The molecule has 0 radical (unpaired) electrons. The van der Waals surface area contributed by atoms with Crippen molar-refractivity contribution >= 4 is 12.0 Å². The fourth-order valence-corrected chi connectivity index (χ4v) is 3.57. The lowest BCUT2D eigenvalue weighted by Crippen LogP contribution is -2.47. The molecule has 0 saturated heterocycles. The highest BCUT2D eigenvalue weighted by Gasteiger charge is 2.43. The number of rotatable bonds is 5. The van der Waals surface area contributed by atoms with Gasteiger partial charge in [-0.15, -0.1) is 10.2 Å². The Morgan fingerprint density at radius 1 is 1.32 bits per heavy atom. The van der Waals surface area contributed by atoms with Gasteiger partial charge in [-0.1, -0.05) is 18.2 Å². The molecule has 146 valence electrons. The number of aromatic nitrogens is 3. The van der Waals surface area contributed by atoms with Crippen LogP contribution in [0.2, 0.25) is 0 Å². The Morgan fingerprint density at radius 3 is 2.86 bits per heavy atom. The van der Waals surface area contributed by atoms with E-state index in [4.69, 9.17) is 9.47 Å². The number of hydrogen-bond acceptors (Lipinski definition) is 6. The van der Waals surface area contributed by atoms with Crippen LogP contribution in [0.3, 0.4) is 0 Å². The monoisotopic (exact) mass is 383 g/mol. The van der Waals surface area contributed by atoms with E-state index in [2.05, 4.69) is 15.5 Å². The molecule has 28 heavy (non-hydrogen) atoms. The SMILES string of the molecule is COc1ccccc1[C@H]1NC(=O)N(Cc2nncn2C(C)C)C2=C1C(=O)OC2. The lowest BCUT2D eigenvalue weighted by atomic mass is 9.95. The minimum Gasteiger partial charge on any atom is -0.496 e. The topological polar surface area (TPSA) is 98.6 Å². The number of nitrogens with one attached hydrogen (secondary N) is 1. The largest absolute Gasteiger partial charge is 0.496 e. The second-order valence-electron chi connectivity index (χ2n) is 6.90. The van der Waals surface area contributed by atoms with Crippen LogP contribution in [0.1, 0.15) is 37.3 Å². The Labute approximate surface area is 161 Å². The second kappa shape index (κ2) is 6.99. The summed E-state index contributed by atoms with van der Waals surface area (Å²) in [5, 5.41) is 11.0. The van der Waals surface area contributed by atoms with Crippen molar-refractivity contribution in [3.63, 3.8) is 0 Å². The summed E-state index contributed by atoms with van der Waals surface area (Å²) in [4.78, 5) is 26.9. The molecule has 1 aromatic heterocycles. The summed E-state index contributed by atoms with van der Waals surface area (Å²) in [5.41, 5.74) is 1.66. The average Bonchev–Trinajstić information content (AvgIpc) is 3.31. The number of cyclic esters (lactones) is 1. The summed E-state index contributed by atoms with van der Waals surface area (Å²) in [6, 6.07) is 6.47. The van der Waals surface area contributed by atoms with E-state index in [1.807, 2.05) is 36.6 Å². The van der Waals surface area contributed by atoms with Gasteiger partial charge in [0.15, 0.2) is 5.82 Å². The molecule has 9 heteroatoms. The van der Waals surface area contributed by atoms with Crippen LogP contribution in [0.4, 0.5) is 4.79 Å². The summed E-state index contributed by atoms with van der Waals surface area (Å²) >= 11 is 0. The van der Waals surface area contributed by atoms with Gasteiger partial charge < -0.3 is 19.4 Å². The zero-order chi connectivity index (χ0) is 19.8. The van der Waals surface area contributed by atoms with Gasteiger partial charge in [0.2, 0.25) is 0 Å². The van der Waals surface area contributed by atoms with Crippen LogP contribution in [0.5, 0.6) is 5.75 Å². The van der Waals surface area contributed by atoms with Gasteiger partial charge in [-0.25, -0.2) is 9.59 Å². The van der Waals surface area contributed by atoms with Crippen molar-refractivity contribution in [2.45, 2.75) is 32.5 Å². The number of benzene rings is 1. The Kier molecular flexibility index (Phi) is 4.50. The smallest absolute Gasteiger partial charge is 0.338 e. The van der Waals surface area contributed by atoms with Gasteiger partial charge >= 0.3 is 12.0 Å². The quantitative estimate of drug-likeness (QED) is 0.793. The predicted octanol–water partition coefficient (Wildman–Crippen LogP) is 1.94. The molecule has 0 unspecified atom stereocenters. The minimum absolute atomic E-state index is 0.0447. The molecule has 2 aromatic rings. The first-order valence-corrected chi connectivity index (χ1v) is 9.00. The molecule has 0 aliphatic carbocycles. The number of carbonyl (C=O) groups is 2. The number of hydrogen-bond donors (Lipinski definition) is 1. The average molecular weight is 383 g/mol. The molecule has 0 fully saturated rings.